The molecule has 0 radical (unpaired) electrons. The third-order valence-corrected chi connectivity index (χ3v) is 7.07. The molecule has 1 aromatic rings. The highest BCUT2D eigenvalue weighted by atomic mass is 17.0. The molecule has 1 saturated heterocycles. The first-order chi connectivity index (χ1) is 14.6. The molecule has 2 aliphatic heterocycles. The maximum absolute atomic E-state index is 13.4. The molecule has 2 N–H and O–H groups in total. The normalized spacial score (nSPS) is 24.9. The van der Waals surface area contributed by atoms with E-state index in [1.165, 1.54) is 5.06 Å². The van der Waals surface area contributed by atoms with Crippen LogP contribution in [0.15, 0.2) is 0 Å². The Bertz CT molecular complexity index is 940. The quantitative estimate of drug-likeness (QED) is 0.532. The summed E-state index contributed by atoms with van der Waals surface area (Å²) in [5, 5.41) is 25.1. The van der Waals surface area contributed by atoms with Crippen LogP contribution < -0.4 is 10.1 Å². The molecule has 2 heterocycles. The number of aromatic hydroxyl groups is 1. The molecule has 0 saturated carbocycles. The zero-order valence-electron chi connectivity index (χ0n) is 20.3. The second kappa shape index (κ2) is 7.79. The van der Waals surface area contributed by atoms with Gasteiger partial charge in [-0.2, -0.15) is 0 Å². The highest BCUT2D eigenvalue weighted by molar-refractivity contribution is 5.86. The van der Waals surface area contributed by atoms with Crippen molar-refractivity contribution in [2.75, 3.05) is 0 Å². The minimum Gasteiger partial charge on any atom is -0.507 e. The lowest BCUT2D eigenvalue weighted by Crippen LogP contribution is -2.65. The van der Waals surface area contributed by atoms with E-state index in [0.29, 0.717) is 31.4 Å². The van der Waals surface area contributed by atoms with Crippen LogP contribution >= 0.6 is 0 Å². The van der Waals surface area contributed by atoms with Crippen LogP contribution in [-0.2, 0) is 16.2 Å². The Kier molecular flexibility index (Phi) is 5.87. The number of amides is 1. The van der Waals surface area contributed by atoms with Crippen LogP contribution in [0.3, 0.4) is 0 Å². The molecule has 0 spiro atoms. The minimum atomic E-state index is -1.05. The van der Waals surface area contributed by atoms with Crippen LogP contribution in [0.5, 0.6) is 11.5 Å². The van der Waals surface area contributed by atoms with E-state index >= 15 is 0 Å². The van der Waals surface area contributed by atoms with Crippen molar-refractivity contribution in [3.63, 3.8) is 0 Å². The maximum Gasteiger partial charge on any atom is 0.312 e. The van der Waals surface area contributed by atoms with E-state index in [-0.39, 0.29) is 17.7 Å². The zero-order valence-corrected chi connectivity index (χ0v) is 20.3. The summed E-state index contributed by atoms with van der Waals surface area (Å²) in [5.41, 5.74) is 0.986. The van der Waals surface area contributed by atoms with Crippen LogP contribution in [0.4, 0.5) is 0 Å². The number of benzene rings is 1. The molecule has 2 aliphatic rings. The van der Waals surface area contributed by atoms with Crippen molar-refractivity contribution in [3.05, 3.63) is 32.4 Å². The molecular weight excluding hydrogens is 414 g/mol. The van der Waals surface area contributed by atoms with Gasteiger partial charge >= 0.3 is 5.09 Å². The van der Waals surface area contributed by atoms with Gasteiger partial charge in [0, 0.05) is 29.1 Å². The summed E-state index contributed by atoms with van der Waals surface area (Å²) in [5.74, 6) is 0.758. The number of carbonyl (C=O) groups excluding carboxylic acids is 1. The molecule has 32 heavy (non-hydrogen) atoms. The van der Waals surface area contributed by atoms with Crippen molar-refractivity contribution in [2.24, 2.45) is 0 Å². The number of piperidine rings is 1. The summed E-state index contributed by atoms with van der Waals surface area (Å²) in [6, 6.07) is -0.190. The van der Waals surface area contributed by atoms with Crippen LogP contribution in [0, 0.1) is 30.9 Å². The van der Waals surface area contributed by atoms with E-state index in [1.807, 2.05) is 48.5 Å². The maximum atomic E-state index is 13.4. The van der Waals surface area contributed by atoms with Crippen molar-refractivity contribution in [1.29, 1.82) is 0 Å². The van der Waals surface area contributed by atoms with E-state index in [2.05, 4.69) is 5.32 Å². The van der Waals surface area contributed by atoms with Gasteiger partial charge in [-0.25, -0.2) is 4.94 Å². The third-order valence-electron chi connectivity index (χ3n) is 7.07. The summed E-state index contributed by atoms with van der Waals surface area (Å²) in [4.78, 5) is 29.3. The van der Waals surface area contributed by atoms with Crippen molar-refractivity contribution in [2.45, 2.75) is 104 Å². The topological polar surface area (TPSA) is 114 Å². The Hall–Kier alpha value is -2.55. The zero-order chi connectivity index (χ0) is 24.2. The minimum absolute atomic E-state index is 0.190. The second-order valence-electron chi connectivity index (χ2n) is 10.7. The molecule has 1 fully saturated rings. The van der Waals surface area contributed by atoms with E-state index < -0.39 is 21.8 Å². The van der Waals surface area contributed by atoms with E-state index in [0.717, 1.165) is 22.3 Å². The molecule has 0 aromatic heterocycles. The van der Waals surface area contributed by atoms with Crippen LogP contribution in [0.2, 0.25) is 0 Å². The predicted octanol–water partition coefficient (Wildman–Crippen LogP) is 3.66. The van der Waals surface area contributed by atoms with Gasteiger partial charge in [-0.3, -0.25) is 4.79 Å². The Morgan fingerprint density at radius 3 is 2.22 bits per heavy atom. The van der Waals surface area contributed by atoms with Gasteiger partial charge in [-0.05, 0) is 91.3 Å². The van der Waals surface area contributed by atoms with Gasteiger partial charge in [0.2, 0.25) is 0 Å². The van der Waals surface area contributed by atoms with Crippen molar-refractivity contribution in [1.82, 2.24) is 10.4 Å². The summed E-state index contributed by atoms with van der Waals surface area (Å²) >= 11 is 0. The number of hydrogen-bond acceptors (Lipinski definition) is 7. The molecule has 9 nitrogen and oxygen atoms in total. The average Bonchev–Trinajstić information content (AvgIpc) is 2.66. The number of rotatable bonds is 4. The van der Waals surface area contributed by atoms with Gasteiger partial charge in [0.25, 0.3) is 5.91 Å². The van der Waals surface area contributed by atoms with Gasteiger partial charge < -0.3 is 15.2 Å². The lowest BCUT2D eigenvalue weighted by molar-refractivity contribution is -0.822. The molecule has 1 aromatic carbocycles. The molecular formula is C23H35N3O6. The van der Waals surface area contributed by atoms with Crippen molar-refractivity contribution < 1.29 is 24.7 Å². The first kappa shape index (κ1) is 24.1. The number of hydroxylamine groups is 2. The fourth-order valence-electron chi connectivity index (χ4n) is 5.40. The SMILES string of the molecule is Cc1c(C)c2c(c(C)c1O)CCC(C)(C(=O)NC1CC(C)(C)N(O[N+](=O)[O-])C(C)(C)C1)O2. The molecule has 1 unspecified atom stereocenters. The molecule has 178 valence electrons. The molecule has 1 amide bonds. The molecule has 9 heteroatoms. The number of phenolic OH excluding ortho intramolecular Hbond substituents is 1. The largest absolute Gasteiger partial charge is 0.507 e. The van der Waals surface area contributed by atoms with E-state index in [9.17, 15) is 20.0 Å². The Balaban J connectivity index is 1.80. The molecule has 1 atom stereocenters. The number of fused-ring (bicyclic) bond motifs is 1. The Morgan fingerprint density at radius 2 is 1.69 bits per heavy atom. The van der Waals surface area contributed by atoms with Gasteiger partial charge in [0.15, 0.2) is 5.60 Å². The molecule has 3 rings (SSSR count). The monoisotopic (exact) mass is 449 g/mol. The van der Waals surface area contributed by atoms with Gasteiger partial charge in [-0.15, -0.1) is 15.2 Å². The second-order valence-corrected chi connectivity index (χ2v) is 10.7. The molecule has 0 bridgehead atoms. The Morgan fingerprint density at radius 1 is 1.12 bits per heavy atom. The smallest absolute Gasteiger partial charge is 0.312 e. The lowest BCUT2D eigenvalue weighted by atomic mass is 9.78. The lowest BCUT2D eigenvalue weighted by Gasteiger charge is -2.52. The number of nitrogens with zero attached hydrogens (tertiary/aromatic N) is 2. The molecule has 0 aliphatic carbocycles. The van der Waals surface area contributed by atoms with Crippen molar-refractivity contribution >= 4 is 5.91 Å². The van der Waals surface area contributed by atoms with Gasteiger partial charge in [0.05, 0.1) is 0 Å². The fraction of sp³-hybridized carbons (Fsp3) is 0.696. The standard InChI is InChI=1S/C23H35N3O6/c1-13-14(2)19-17(15(3)18(13)27)9-10-23(8,31-19)20(28)24-16-11-21(4,5)25(32-26(29)30)22(6,7)12-16/h16,27H,9-12H2,1-8H3,(H,24,28). The summed E-state index contributed by atoms with van der Waals surface area (Å²) < 4.78 is 6.30. The predicted molar refractivity (Wildman–Crippen MR) is 119 cm³/mol. The summed E-state index contributed by atoms with van der Waals surface area (Å²) in [7, 11) is 0. The summed E-state index contributed by atoms with van der Waals surface area (Å²) in [6.07, 6.45) is 2.11. The number of ether oxygens (including phenoxy) is 1. The number of phenols is 1. The van der Waals surface area contributed by atoms with Crippen LogP contribution in [0.25, 0.3) is 0 Å². The fourth-order valence-corrected chi connectivity index (χ4v) is 5.40. The van der Waals surface area contributed by atoms with Crippen molar-refractivity contribution in [3.8, 4) is 11.5 Å². The van der Waals surface area contributed by atoms with Gasteiger partial charge in [-0.1, -0.05) is 0 Å². The highest BCUT2D eigenvalue weighted by Gasteiger charge is 2.50. The van der Waals surface area contributed by atoms with E-state index in [1.54, 1.807) is 6.92 Å². The highest BCUT2D eigenvalue weighted by Crippen LogP contribution is 2.44. The number of hydrogen-bond donors (Lipinski definition) is 2. The van der Waals surface area contributed by atoms with Crippen LogP contribution in [-0.4, -0.2) is 43.9 Å². The number of nitrogens with one attached hydrogen (secondary N) is 1. The first-order valence-electron chi connectivity index (χ1n) is 11.0. The Labute approximate surface area is 189 Å². The third kappa shape index (κ3) is 4.10. The first-order valence-corrected chi connectivity index (χ1v) is 11.0. The van der Waals surface area contributed by atoms with E-state index in [4.69, 9.17) is 9.68 Å². The van der Waals surface area contributed by atoms with Gasteiger partial charge in [0.1, 0.15) is 11.5 Å². The van der Waals surface area contributed by atoms with Crippen LogP contribution in [0.1, 0.15) is 76.1 Å². The average molecular weight is 450 g/mol. The summed E-state index contributed by atoms with van der Waals surface area (Å²) in [6.45, 7) is 14.9. The number of carbonyl (C=O) groups is 1.